The highest BCUT2D eigenvalue weighted by atomic mass is 32.2. The van der Waals surface area contributed by atoms with Crippen LogP contribution in [0.5, 0.6) is 0 Å². The van der Waals surface area contributed by atoms with E-state index >= 15 is 0 Å². The van der Waals surface area contributed by atoms with E-state index in [2.05, 4.69) is 36.0 Å². The normalized spacial score (nSPS) is 22.1. The van der Waals surface area contributed by atoms with Gasteiger partial charge in [-0.15, -0.1) is 11.8 Å². The van der Waals surface area contributed by atoms with Crippen LogP contribution in [-0.2, 0) is 16.1 Å². The van der Waals surface area contributed by atoms with E-state index in [1.807, 2.05) is 6.07 Å². The zero-order valence-corrected chi connectivity index (χ0v) is 10.7. The minimum absolute atomic E-state index is 0.420. The lowest BCUT2D eigenvalue weighted by Gasteiger charge is -2.29. The summed E-state index contributed by atoms with van der Waals surface area (Å²) in [4.78, 5) is 0. The highest BCUT2D eigenvalue weighted by Crippen LogP contribution is 2.51. The summed E-state index contributed by atoms with van der Waals surface area (Å²) in [5.74, 6) is 0. The van der Waals surface area contributed by atoms with E-state index in [0.717, 1.165) is 31.7 Å². The third-order valence-corrected chi connectivity index (χ3v) is 4.94. The standard InChI is InChI=1S/C14H18O2S/c1-2-4-12(5-3-1)8-16-11-14(6-7-14)17-13-9-15-10-13/h1-5,13H,6-11H2. The molecule has 0 radical (unpaired) electrons. The second-order valence-corrected chi connectivity index (χ2v) is 6.71. The molecule has 1 aromatic rings. The van der Waals surface area contributed by atoms with E-state index in [1.54, 1.807) is 0 Å². The maximum absolute atomic E-state index is 5.85. The molecule has 2 aliphatic rings. The van der Waals surface area contributed by atoms with E-state index in [0.29, 0.717) is 4.75 Å². The Balaban J connectivity index is 1.42. The molecule has 1 heterocycles. The Bertz CT molecular complexity index is 358. The molecular formula is C14H18O2S. The third-order valence-electron chi connectivity index (χ3n) is 3.31. The van der Waals surface area contributed by atoms with Crippen molar-refractivity contribution < 1.29 is 9.47 Å². The Kier molecular flexibility index (Phi) is 3.41. The van der Waals surface area contributed by atoms with Crippen molar-refractivity contribution in [1.82, 2.24) is 0 Å². The summed E-state index contributed by atoms with van der Waals surface area (Å²) in [5.41, 5.74) is 1.26. The lowest BCUT2D eigenvalue weighted by Crippen LogP contribution is -2.33. The number of benzene rings is 1. The van der Waals surface area contributed by atoms with Crippen LogP contribution in [0.15, 0.2) is 30.3 Å². The monoisotopic (exact) mass is 250 g/mol. The fraction of sp³-hybridized carbons (Fsp3) is 0.571. The molecule has 0 bridgehead atoms. The molecule has 0 amide bonds. The van der Waals surface area contributed by atoms with Crippen LogP contribution in [0.4, 0.5) is 0 Å². The van der Waals surface area contributed by atoms with E-state index in [1.165, 1.54) is 18.4 Å². The van der Waals surface area contributed by atoms with Gasteiger partial charge in [0, 0.05) is 4.75 Å². The van der Waals surface area contributed by atoms with Crippen molar-refractivity contribution in [2.24, 2.45) is 0 Å². The molecule has 0 aromatic heterocycles. The van der Waals surface area contributed by atoms with E-state index in [9.17, 15) is 0 Å². The van der Waals surface area contributed by atoms with Gasteiger partial charge in [0.05, 0.1) is 31.7 Å². The minimum atomic E-state index is 0.420. The van der Waals surface area contributed by atoms with Crippen molar-refractivity contribution in [3.05, 3.63) is 35.9 Å². The average Bonchev–Trinajstić information content (AvgIpc) is 3.06. The molecule has 2 nitrogen and oxygen atoms in total. The van der Waals surface area contributed by atoms with Crippen molar-refractivity contribution in [3.8, 4) is 0 Å². The Morgan fingerprint density at radius 1 is 1.24 bits per heavy atom. The summed E-state index contributed by atoms with van der Waals surface area (Å²) < 4.78 is 11.5. The van der Waals surface area contributed by atoms with Crippen molar-refractivity contribution in [3.63, 3.8) is 0 Å². The highest BCUT2D eigenvalue weighted by Gasteiger charge is 2.46. The summed E-state index contributed by atoms with van der Waals surface area (Å²) in [7, 11) is 0. The van der Waals surface area contributed by atoms with Crippen LogP contribution in [0.2, 0.25) is 0 Å². The molecule has 0 spiro atoms. The van der Waals surface area contributed by atoms with Gasteiger partial charge < -0.3 is 9.47 Å². The molecule has 1 aliphatic carbocycles. The molecule has 3 heteroatoms. The van der Waals surface area contributed by atoms with E-state index < -0.39 is 0 Å². The summed E-state index contributed by atoms with van der Waals surface area (Å²) in [6.07, 6.45) is 2.62. The van der Waals surface area contributed by atoms with Crippen LogP contribution in [0.3, 0.4) is 0 Å². The summed E-state index contributed by atoms with van der Waals surface area (Å²) in [6, 6.07) is 10.4. The predicted octanol–water partition coefficient (Wildman–Crippen LogP) is 2.87. The first-order valence-electron chi connectivity index (χ1n) is 6.24. The van der Waals surface area contributed by atoms with Gasteiger partial charge in [-0.1, -0.05) is 30.3 Å². The molecule has 17 heavy (non-hydrogen) atoms. The van der Waals surface area contributed by atoms with Crippen LogP contribution in [0.25, 0.3) is 0 Å². The van der Waals surface area contributed by atoms with Gasteiger partial charge in [-0.05, 0) is 18.4 Å². The second kappa shape index (κ2) is 5.01. The smallest absolute Gasteiger partial charge is 0.0717 e. The molecule has 1 aromatic carbocycles. The fourth-order valence-electron chi connectivity index (χ4n) is 2.00. The fourth-order valence-corrected chi connectivity index (χ4v) is 3.53. The number of ether oxygens (including phenoxy) is 2. The van der Waals surface area contributed by atoms with Crippen LogP contribution >= 0.6 is 11.8 Å². The molecular weight excluding hydrogens is 232 g/mol. The van der Waals surface area contributed by atoms with Gasteiger partial charge in [0.25, 0.3) is 0 Å². The molecule has 0 unspecified atom stereocenters. The van der Waals surface area contributed by atoms with Gasteiger partial charge in [-0.3, -0.25) is 0 Å². The molecule has 1 saturated heterocycles. The van der Waals surface area contributed by atoms with Crippen molar-refractivity contribution in [2.45, 2.75) is 29.4 Å². The molecule has 2 fully saturated rings. The summed E-state index contributed by atoms with van der Waals surface area (Å²) >= 11 is 2.08. The highest BCUT2D eigenvalue weighted by molar-refractivity contribution is 8.01. The molecule has 3 rings (SSSR count). The lowest BCUT2D eigenvalue weighted by molar-refractivity contribution is 0.0445. The lowest BCUT2D eigenvalue weighted by atomic mass is 10.2. The predicted molar refractivity (Wildman–Crippen MR) is 70.3 cm³/mol. The Hall–Kier alpha value is -0.510. The van der Waals surface area contributed by atoms with Crippen LogP contribution < -0.4 is 0 Å². The van der Waals surface area contributed by atoms with E-state index in [-0.39, 0.29) is 0 Å². The first kappa shape index (κ1) is 11.6. The number of hydrogen-bond acceptors (Lipinski definition) is 3. The van der Waals surface area contributed by atoms with Crippen molar-refractivity contribution in [1.29, 1.82) is 0 Å². The first-order chi connectivity index (χ1) is 8.36. The largest absolute Gasteiger partial charge is 0.379 e. The van der Waals surface area contributed by atoms with Crippen LogP contribution in [-0.4, -0.2) is 29.8 Å². The summed E-state index contributed by atoms with van der Waals surface area (Å²) in [5, 5.41) is 0.720. The van der Waals surface area contributed by atoms with Gasteiger partial charge in [-0.2, -0.15) is 0 Å². The topological polar surface area (TPSA) is 18.5 Å². The maximum Gasteiger partial charge on any atom is 0.0717 e. The Morgan fingerprint density at radius 3 is 2.59 bits per heavy atom. The molecule has 1 aliphatic heterocycles. The Labute approximate surface area is 107 Å². The van der Waals surface area contributed by atoms with Gasteiger partial charge in [0.1, 0.15) is 0 Å². The Morgan fingerprint density at radius 2 is 2.00 bits per heavy atom. The molecule has 0 N–H and O–H groups in total. The summed E-state index contributed by atoms with van der Waals surface area (Å²) in [6.45, 7) is 3.50. The van der Waals surface area contributed by atoms with Crippen LogP contribution in [0, 0.1) is 0 Å². The van der Waals surface area contributed by atoms with E-state index in [4.69, 9.17) is 9.47 Å². The minimum Gasteiger partial charge on any atom is -0.379 e. The number of rotatable bonds is 6. The van der Waals surface area contributed by atoms with Crippen LogP contribution in [0.1, 0.15) is 18.4 Å². The quantitative estimate of drug-likeness (QED) is 0.773. The number of thioether (sulfide) groups is 1. The SMILES string of the molecule is c1ccc(COCC2(SC3COC3)CC2)cc1. The van der Waals surface area contributed by atoms with Gasteiger partial charge in [0.2, 0.25) is 0 Å². The zero-order valence-electron chi connectivity index (χ0n) is 9.93. The van der Waals surface area contributed by atoms with Gasteiger partial charge in [0.15, 0.2) is 0 Å². The van der Waals surface area contributed by atoms with Crippen molar-refractivity contribution >= 4 is 11.8 Å². The molecule has 1 saturated carbocycles. The average molecular weight is 250 g/mol. The molecule has 0 atom stereocenters. The second-order valence-electron chi connectivity index (χ2n) is 4.94. The van der Waals surface area contributed by atoms with Gasteiger partial charge in [-0.25, -0.2) is 0 Å². The first-order valence-corrected chi connectivity index (χ1v) is 7.12. The zero-order chi connectivity index (χ0) is 11.6. The van der Waals surface area contributed by atoms with Gasteiger partial charge >= 0.3 is 0 Å². The molecule has 92 valence electrons. The maximum atomic E-state index is 5.85. The van der Waals surface area contributed by atoms with Crippen molar-refractivity contribution in [2.75, 3.05) is 19.8 Å². The number of hydrogen-bond donors (Lipinski definition) is 0. The third kappa shape index (κ3) is 3.03.